The van der Waals surface area contributed by atoms with Gasteiger partial charge in [-0.25, -0.2) is 0 Å². The fourth-order valence-electron chi connectivity index (χ4n) is 4.09. The highest BCUT2D eigenvalue weighted by Gasteiger charge is 2.31. The molecule has 0 saturated carbocycles. The minimum atomic E-state index is -2.12. The highest BCUT2D eigenvalue weighted by molar-refractivity contribution is 6.66. The molecule has 6 nitrogen and oxygen atoms in total. The largest absolute Gasteiger partial charge is 0.398 e. The van der Waals surface area contributed by atoms with Crippen molar-refractivity contribution in [3.05, 3.63) is 23.3 Å². The van der Waals surface area contributed by atoms with Gasteiger partial charge in [0.2, 0.25) is 0 Å². The Morgan fingerprint density at radius 1 is 0.633 bits per heavy atom. The van der Waals surface area contributed by atoms with E-state index in [1.165, 1.54) is 11.1 Å². The number of rotatable bonds is 16. The van der Waals surface area contributed by atoms with Gasteiger partial charge < -0.3 is 29.2 Å². The summed E-state index contributed by atoms with van der Waals surface area (Å²) in [6.07, 6.45) is 3.74. The van der Waals surface area contributed by atoms with E-state index in [9.17, 15) is 0 Å². The van der Waals surface area contributed by atoms with Crippen molar-refractivity contribution >= 4 is 28.5 Å². The summed E-state index contributed by atoms with van der Waals surface area (Å²) < 4.78 is 23.9. The van der Waals surface area contributed by atoms with Gasteiger partial charge in [0.25, 0.3) is 0 Å². The normalized spacial score (nSPS) is 12.5. The van der Waals surface area contributed by atoms with E-state index >= 15 is 0 Å². The van der Waals surface area contributed by atoms with Crippen molar-refractivity contribution in [1.29, 1.82) is 0 Å². The molecule has 0 amide bonds. The van der Waals surface area contributed by atoms with Crippen LogP contribution in [-0.2, 0) is 30.5 Å². The molecule has 174 valence electrons. The first-order chi connectivity index (χ1) is 14.2. The monoisotopic (exact) mass is 456 g/mol. The zero-order valence-electron chi connectivity index (χ0n) is 20.0. The van der Waals surface area contributed by atoms with Gasteiger partial charge in [-0.05, 0) is 102 Å². The van der Waals surface area contributed by atoms with Crippen molar-refractivity contribution < 1.29 is 17.7 Å². The molecule has 0 fully saturated rings. The van der Waals surface area contributed by atoms with E-state index in [1.54, 1.807) is 0 Å². The lowest BCUT2D eigenvalue weighted by atomic mass is 9.96. The molecule has 0 aliphatic carbocycles. The smallest absolute Gasteiger partial charge is 0.334 e. The van der Waals surface area contributed by atoms with Gasteiger partial charge in [0.1, 0.15) is 0 Å². The van der Waals surface area contributed by atoms with Gasteiger partial charge in [0.05, 0.1) is 0 Å². The Labute approximate surface area is 186 Å². The Morgan fingerprint density at radius 3 is 1.20 bits per heavy atom. The minimum absolute atomic E-state index is 0.691. The van der Waals surface area contributed by atoms with E-state index in [4.69, 9.17) is 29.2 Å². The average molecular weight is 457 g/mol. The number of hydrogen-bond acceptors (Lipinski definition) is 6. The predicted molar refractivity (Wildman–Crippen MR) is 131 cm³/mol. The number of anilines is 2. The summed E-state index contributed by atoms with van der Waals surface area (Å²) in [5, 5.41) is 0. The standard InChI is InChI=1S/C22H44N2O4Si2/c1-7-25-29(5,26-8-2)17-11-13-19-20(22(24)16-15-21(19)23)14-12-18-30(6,27-9-3)28-10-4/h15-16H,7-14,17-18,23-24H2,1-6H3. The minimum Gasteiger partial charge on any atom is -0.398 e. The average Bonchev–Trinajstić information content (AvgIpc) is 2.67. The first kappa shape index (κ1) is 27.1. The molecule has 0 radical (unpaired) electrons. The van der Waals surface area contributed by atoms with Crippen molar-refractivity contribution in [2.75, 3.05) is 37.9 Å². The summed E-state index contributed by atoms with van der Waals surface area (Å²) in [4.78, 5) is 0. The molecule has 0 aromatic heterocycles. The summed E-state index contributed by atoms with van der Waals surface area (Å²) in [5.74, 6) is 0. The number of nitrogen functional groups attached to an aromatic ring is 2. The van der Waals surface area contributed by atoms with E-state index in [0.717, 1.165) is 49.1 Å². The Kier molecular flexibility index (Phi) is 12.2. The molecule has 30 heavy (non-hydrogen) atoms. The maximum absolute atomic E-state index is 6.36. The van der Waals surface area contributed by atoms with Crippen LogP contribution in [0.4, 0.5) is 11.4 Å². The summed E-state index contributed by atoms with van der Waals surface area (Å²) >= 11 is 0. The summed E-state index contributed by atoms with van der Waals surface area (Å²) in [7, 11) is -4.24. The second-order valence-electron chi connectivity index (χ2n) is 7.91. The Balaban J connectivity index is 2.83. The lowest BCUT2D eigenvalue weighted by Gasteiger charge is -2.27. The molecule has 0 spiro atoms. The van der Waals surface area contributed by atoms with Gasteiger partial charge >= 0.3 is 17.1 Å². The molecule has 1 aromatic carbocycles. The lowest BCUT2D eigenvalue weighted by Crippen LogP contribution is -2.38. The Morgan fingerprint density at radius 2 is 0.933 bits per heavy atom. The molecule has 0 heterocycles. The highest BCUT2D eigenvalue weighted by atomic mass is 28.4. The third kappa shape index (κ3) is 8.68. The molecule has 0 bridgehead atoms. The van der Waals surface area contributed by atoms with Crippen molar-refractivity contribution in [2.24, 2.45) is 0 Å². The molecule has 0 atom stereocenters. The van der Waals surface area contributed by atoms with Gasteiger partial charge in [0, 0.05) is 37.8 Å². The quantitative estimate of drug-likeness (QED) is 0.268. The predicted octanol–water partition coefficient (Wildman–Crippen LogP) is 5.01. The maximum Gasteiger partial charge on any atom is 0.334 e. The third-order valence-electron chi connectivity index (χ3n) is 5.42. The van der Waals surface area contributed by atoms with E-state index < -0.39 is 17.1 Å². The first-order valence-electron chi connectivity index (χ1n) is 11.5. The topological polar surface area (TPSA) is 89.0 Å². The summed E-state index contributed by atoms with van der Waals surface area (Å²) in [5.41, 5.74) is 16.7. The second-order valence-corrected chi connectivity index (χ2v) is 14.6. The molecule has 1 aromatic rings. The molecular weight excluding hydrogens is 412 g/mol. The van der Waals surface area contributed by atoms with Crippen LogP contribution in [0.1, 0.15) is 51.7 Å². The first-order valence-corrected chi connectivity index (χ1v) is 16.5. The van der Waals surface area contributed by atoms with Crippen LogP contribution in [0.2, 0.25) is 25.2 Å². The molecule has 1 rings (SSSR count). The highest BCUT2D eigenvalue weighted by Crippen LogP contribution is 2.29. The third-order valence-corrected chi connectivity index (χ3v) is 11.5. The van der Waals surface area contributed by atoms with E-state index in [1.807, 2.05) is 39.8 Å². The summed E-state index contributed by atoms with van der Waals surface area (Å²) in [6.45, 7) is 15.2. The lowest BCUT2D eigenvalue weighted by molar-refractivity contribution is 0.187. The van der Waals surface area contributed by atoms with Crippen molar-refractivity contribution in [2.45, 2.75) is 78.6 Å². The van der Waals surface area contributed by atoms with Crippen LogP contribution < -0.4 is 11.5 Å². The van der Waals surface area contributed by atoms with Crippen LogP contribution in [0.25, 0.3) is 0 Å². The number of hydrogen-bond donors (Lipinski definition) is 2. The summed E-state index contributed by atoms with van der Waals surface area (Å²) in [6, 6.07) is 5.74. The van der Waals surface area contributed by atoms with E-state index in [-0.39, 0.29) is 0 Å². The zero-order valence-corrected chi connectivity index (χ0v) is 22.0. The molecule has 4 N–H and O–H groups in total. The van der Waals surface area contributed by atoms with Crippen LogP contribution in [0, 0.1) is 0 Å². The molecule has 0 unspecified atom stereocenters. The maximum atomic E-state index is 6.36. The van der Waals surface area contributed by atoms with Crippen molar-refractivity contribution in [3.8, 4) is 0 Å². The number of benzene rings is 1. The molecule has 0 aliphatic heterocycles. The Hall–Kier alpha value is -0.906. The van der Waals surface area contributed by atoms with Crippen LogP contribution in [0.15, 0.2) is 12.1 Å². The zero-order chi connectivity index (χ0) is 22.6. The van der Waals surface area contributed by atoms with E-state index in [2.05, 4.69) is 13.1 Å². The fraction of sp³-hybridized carbons (Fsp3) is 0.727. The molecular formula is C22H44N2O4Si2. The van der Waals surface area contributed by atoms with Gasteiger partial charge in [-0.3, -0.25) is 0 Å². The SMILES string of the molecule is CCO[Si](C)(CCCc1c(N)ccc(N)c1CCC[Si](C)(OCC)OCC)OCC. The van der Waals surface area contributed by atoms with Crippen molar-refractivity contribution in [1.82, 2.24) is 0 Å². The number of nitrogens with two attached hydrogens (primary N) is 2. The van der Waals surface area contributed by atoms with Crippen LogP contribution in [0.3, 0.4) is 0 Å². The molecule has 0 aliphatic rings. The second kappa shape index (κ2) is 13.5. The van der Waals surface area contributed by atoms with Gasteiger partial charge in [-0.1, -0.05) is 0 Å². The Bertz CT molecular complexity index is 566. The van der Waals surface area contributed by atoms with Crippen LogP contribution >= 0.6 is 0 Å². The van der Waals surface area contributed by atoms with Crippen molar-refractivity contribution in [3.63, 3.8) is 0 Å². The van der Waals surface area contributed by atoms with Gasteiger partial charge in [-0.2, -0.15) is 0 Å². The molecule has 8 heteroatoms. The molecule has 0 saturated heterocycles. The van der Waals surface area contributed by atoms with Crippen LogP contribution in [-0.4, -0.2) is 43.5 Å². The van der Waals surface area contributed by atoms with Crippen LogP contribution in [0.5, 0.6) is 0 Å². The van der Waals surface area contributed by atoms with E-state index in [0.29, 0.717) is 26.4 Å². The fourth-order valence-corrected chi connectivity index (χ4v) is 8.91. The van der Waals surface area contributed by atoms with Gasteiger partial charge in [0.15, 0.2) is 0 Å². The van der Waals surface area contributed by atoms with Gasteiger partial charge in [-0.15, -0.1) is 0 Å².